The van der Waals surface area contributed by atoms with Crippen molar-refractivity contribution < 1.29 is 0 Å². The number of hydrogen-bond acceptors (Lipinski definition) is 1. The summed E-state index contributed by atoms with van der Waals surface area (Å²) in [5.74, 6) is 0. The lowest BCUT2D eigenvalue weighted by molar-refractivity contribution is 1.30. The maximum Gasteiger partial charge on any atom is 0.0546 e. The zero-order valence-electron chi connectivity index (χ0n) is 32.3. The Kier molecular flexibility index (Phi) is 7.61. The van der Waals surface area contributed by atoms with Crippen LogP contribution in [0, 0.1) is 0 Å². The summed E-state index contributed by atoms with van der Waals surface area (Å²) in [6.07, 6.45) is 0. The van der Waals surface area contributed by atoms with Gasteiger partial charge in [0.05, 0.1) is 5.69 Å². The SMILES string of the molecule is c1ccc(-c2ccc(-c3ccc(N(c4ccc(-c5ccccc5)cc4)c4cc5cccc6c7cccc8ccc9cccc(c%10cccc4c%10c56)c9c87)cc3)cc2)cc1. The van der Waals surface area contributed by atoms with Crippen LogP contribution in [0.1, 0.15) is 0 Å². The monoisotopic (exact) mass is 747 g/mol. The van der Waals surface area contributed by atoms with Gasteiger partial charge in [0, 0.05) is 22.1 Å². The molecule has 0 amide bonds. The molecule has 0 aliphatic heterocycles. The molecule has 1 heteroatoms. The molecule has 0 saturated carbocycles. The second-order valence-corrected chi connectivity index (χ2v) is 15.6. The van der Waals surface area contributed by atoms with Crippen LogP contribution in [-0.4, -0.2) is 0 Å². The molecule has 0 aliphatic rings. The van der Waals surface area contributed by atoms with Crippen molar-refractivity contribution in [2.75, 3.05) is 4.90 Å². The molecule has 0 heterocycles. The molecule has 59 heavy (non-hydrogen) atoms. The van der Waals surface area contributed by atoms with Crippen LogP contribution in [0.2, 0.25) is 0 Å². The van der Waals surface area contributed by atoms with Crippen LogP contribution in [-0.2, 0) is 0 Å². The van der Waals surface area contributed by atoms with E-state index < -0.39 is 0 Å². The van der Waals surface area contributed by atoms with Crippen molar-refractivity contribution in [2.24, 2.45) is 0 Å². The smallest absolute Gasteiger partial charge is 0.0546 e. The Labute approximate surface area is 343 Å². The third-order valence-corrected chi connectivity index (χ3v) is 12.4. The average Bonchev–Trinajstić information content (AvgIpc) is 3.31. The molecule has 12 rings (SSSR count). The van der Waals surface area contributed by atoms with Crippen molar-refractivity contribution in [1.82, 2.24) is 0 Å². The zero-order chi connectivity index (χ0) is 38.9. The predicted octanol–water partition coefficient (Wildman–Crippen LogP) is 16.5. The molecule has 0 bridgehead atoms. The Morgan fingerprint density at radius 3 is 1.02 bits per heavy atom. The van der Waals surface area contributed by atoms with E-state index in [0.717, 1.165) is 17.1 Å². The van der Waals surface area contributed by atoms with Gasteiger partial charge < -0.3 is 4.90 Å². The summed E-state index contributed by atoms with van der Waals surface area (Å²) in [4.78, 5) is 2.45. The average molecular weight is 748 g/mol. The van der Waals surface area contributed by atoms with E-state index in [1.54, 1.807) is 0 Å². The molecule has 1 nitrogen and oxygen atoms in total. The number of rotatable bonds is 6. The van der Waals surface area contributed by atoms with E-state index in [4.69, 9.17) is 0 Å². The maximum atomic E-state index is 2.45. The van der Waals surface area contributed by atoms with Crippen LogP contribution in [0.15, 0.2) is 224 Å². The van der Waals surface area contributed by atoms with Gasteiger partial charge in [0.2, 0.25) is 0 Å². The molecule has 12 aromatic rings. The molecule has 12 aromatic carbocycles. The van der Waals surface area contributed by atoms with E-state index in [2.05, 4.69) is 229 Å². The minimum atomic E-state index is 1.11. The molecule has 274 valence electrons. The first-order valence-electron chi connectivity index (χ1n) is 20.4. The van der Waals surface area contributed by atoms with E-state index in [-0.39, 0.29) is 0 Å². The fourth-order valence-electron chi connectivity index (χ4n) is 9.62. The van der Waals surface area contributed by atoms with E-state index in [1.165, 1.54) is 98.0 Å². The second kappa shape index (κ2) is 13.4. The number of fused-ring (bicyclic) bond motifs is 2. The van der Waals surface area contributed by atoms with E-state index in [9.17, 15) is 0 Å². The number of hydrogen-bond donors (Lipinski definition) is 0. The number of anilines is 3. The highest BCUT2D eigenvalue weighted by atomic mass is 15.1. The lowest BCUT2D eigenvalue weighted by Gasteiger charge is -2.28. The van der Waals surface area contributed by atoms with Gasteiger partial charge in [-0.2, -0.15) is 0 Å². The first kappa shape index (κ1) is 33.4. The Hall–Kier alpha value is -7.74. The standard InChI is InChI=1S/C58H37N/c1-3-11-38(12-4-1)40-23-25-41(26-24-40)43-31-35-48(36-32-43)59(47-33-29-42(30-34-47)39-13-5-2-6-14-39)54-37-46-17-9-20-50-49-18-7-15-44-27-28-45-16-8-19-51(56(45)55(44)49)52-21-10-22-53(54)58(52)57(46)50/h1-37H. The minimum absolute atomic E-state index is 1.11. The molecule has 0 fully saturated rings. The molecule has 0 N–H and O–H groups in total. The summed E-state index contributed by atoms with van der Waals surface area (Å²) >= 11 is 0. The van der Waals surface area contributed by atoms with Crippen LogP contribution in [0.25, 0.3) is 98.0 Å². The predicted molar refractivity (Wildman–Crippen MR) is 254 cm³/mol. The molecule has 0 atom stereocenters. The fraction of sp³-hybridized carbons (Fsp3) is 0. The van der Waals surface area contributed by atoms with E-state index >= 15 is 0 Å². The minimum Gasteiger partial charge on any atom is -0.310 e. The van der Waals surface area contributed by atoms with Gasteiger partial charge in [-0.1, -0.05) is 194 Å². The van der Waals surface area contributed by atoms with Gasteiger partial charge in [-0.05, 0) is 118 Å². The third kappa shape index (κ3) is 5.40. The summed E-state index contributed by atoms with van der Waals surface area (Å²) in [7, 11) is 0. The van der Waals surface area contributed by atoms with Crippen LogP contribution in [0.5, 0.6) is 0 Å². The number of benzene rings is 11. The number of nitrogens with zero attached hydrogens (tertiary/aromatic N) is 1. The van der Waals surface area contributed by atoms with Crippen LogP contribution < -0.4 is 4.90 Å². The second-order valence-electron chi connectivity index (χ2n) is 15.6. The van der Waals surface area contributed by atoms with Gasteiger partial charge in [-0.15, -0.1) is 0 Å². The summed E-state index contributed by atoms with van der Waals surface area (Å²) in [5, 5.41) is 15.3. The van der Waals surface area contributed by atoms with E-state index in [1.807, 2.05) is 0 Å². The van der Waals surface area contributed by atoms with Crippen molar-refractivity contribution in [3.63, 3.8) is 0 Å². The van der Waals surface area contributed by atoms with Crippen LogP contribution in [0.4, 0.5) is 17.1 Å². The fourth-order valence-corrected chi connectivity index (χ4v) is 9.62. The van der Waals surface area contributed by atoms with Gasteiger partial charge in [0.15, 0.2) is 0 Å². The summed E-state index contributed by atoms with van der Waals surface area (Å²) in [6.45, 7) is 0. The molecular formula is C58H37N. The topological polar surface area (TPSA) is 3.24 Å². The van der Waals surface area contributed by atoms with Gasteiger partial charge in [-0.25, -0.2) is 0 Å². The zero-order valence-corrected chi connectivity index (χ0v) is 32.3. The lowest BCUT2D eigenvalue weighted by Crippen LogP contribution is -2.10. The normalized spacial score (nSPS) is 11.7. The highest BCUT2D eigenvalue weighted by Crippen LogP contribution is 2.48. The Balaban J connectivity index is 1.10. The molecule has 0 unspecified atom stereocenters. The Bertz CT molecular complexity index is 3500. The summed E-state index contributed by atoms with van der Waals surface area (Å²) < 4.78 is 0. The summed E-state index contributed by atoms with van der Waals surface area (Å²) in [5.41, 5.74) is 10.6. The van der Waals surface area contributed by atoms with Gasteiger partial charge in [-0.3, -0.25) is 0 Å². The van der Waals surface area contributed by atoms with Crippen LogP contribution in [0.3, 0.4) is 0 Å². The van der Waals surface area contributed by atoms with Crippen molar-refractivity contribution in [3.05, 3.63) is 224 Å². The van der Waals surface area contributed by atoms with E-state index in [0.29, 0.717) is 0 Å². The van der Waals surface area contributed by atoms with Gasteiger partial charge >= 0.3 is 0 Å². The molecular weight excluding hydrogens is 711 g/mol. The van der Waals surface area contributed by atoms with Gasteiger partial charge in [0.25, 0.3) is 0 Å². The summed E-state index contributed by atoms with van der Waals surface area (Å²) in [6, 6.07) is 82.6. The maximum absolute atomic E-state index is 2.45. The molecule has 0 radical (unpaired) electrons. The first-order chi connectivity index (χ1) is 29.3. The Morgan fingerprint density at radius 2 is 0.559 bits per heavy atom. The Morgan fingerprint density at radius 1 is 0.220 bits per heavy atom. The highest BCUT2D eigenvalue weighted by molar-refractivity contribution is 6.38. The van der Waals surface area contributed by atoms with Crippen molar-refractivity contribution >= 4 is 81.7 Å². The molecule has 0 saturated heterocycles. The lowest BCUT2D eigenvalue weighted by atomic mass is 9.87. The van der Waals surface area contributed by atoms with Crippen LogP contribution >= 0.6 is 0 Å². The van der Waals surface area contributed by atoms with Crippen molar-refractivity contribution in [3.8, 4) is 33.4 Å². The van der Waals surface area contributed by atoms with Crippen molar-refractivity contribution in [2.45, 2.75) is 0 Å². The largest absolute Gasteiger partial charge is 0.310 e. The molecule has 0 aliphatic carbocycles. The first-order valence-corrected chi connectivity index (χ1v) is 20.4. The molecule has 0 spiro atoms. The van der Waals surface area contributed by atoms with Crippen molar-refractivity contribution in [1.29, 1.82) is 0 Å². The molecule has 0 aromatic heterocycles. The third-order valence-electron chi connectivity index (χ3n) is 12.4. The quantitative estimate of drug-likeness (QED) is 0.153. The van der Waals surface area contributed by atoms with Gasteiger partial charge in [0.1, 0.15) is 0 Å². The highest BCUT2D eigenvalue weighted by Gasteiger charge is 2.21.